The first-order valence-electron chi connectivity index (χ1n) is 19.8. The van der Waals surface area contributed by atoms with Crippen LogP contribution in [0.3, 0.4) is 0 Å². The number of unbranched alkanes of at least 4 members (excludes halogenated alkanes) is 2. The van der Waals surface area contributed by atoms with Crippen LogP contribution in [-0.4, -0.2) is 96.9 Å². The highest BCUT2D eigenvalue weighted by Crippen LogP contribution is 2.54. The second-order valence-corrected chi connectivity index (χ2v) is 21.7. The summed E-state index contributed by atoms with van der Waals surface area (Å²) >= 11 is 0. The number of allylic oxidation sites excluding steroid dienone is 5. The molecule has 0 fully saturated rings. The molecule has 2 unspecified atom stereocenters. The molecule has 1 aliphatic rings. The first-order valence-corrected chi connectivity index (χ1v) is 25.5. The Hall–Kier alpha value is -4.55. The van der Waals surface area contributed by atoms with Gasteiger partial charge in [0.25, 0.3) is 40.5 Å². The summed E-state index contributed by atoms with van der Waals surface area (Å²) in [5.74, 6) is -0.950. The SMILES string of the molecule is C=C(/C=C/C=C1/N(CCCCCC(=O)O)c2ccc3c(S(=O)(=O)O)cc(S(=O)(=O)O)cc3c2C1(C)CCOC)C(C)(CCOC)c1c(C)ccc2c(S(=O)(=O)O)cc(S(=O)(=O)O)cc12. The molecule has 5 N–H and O–H groups in total. The van der Waals surface area contributed by atoms with Crippen LogP contribution in [0.5, 0.6) is 0 Å². The van der Waals surface area contributed by atoms with Crippen molar-refractivity contribution in [1.29, 1.82) is 0 Å². The topological polar surface area (TPSA) is 276 Å². The molecule has 0 aliphatic carbocycles. The number of methoxy groups -OCH3 is 2. The molecule has 5 rings (SSSR count). The van der Waals surface area contributed by atoms with Gasteiger partial charge >= 0.3 is 5.97 Å². The van der Waals surface area contributed by atoms with Crippen molar-refractivity contribution in [3.8, 4) is 0 Å². The average molecular weight is 966 g/mol. The number of rotatable bonds is 20. The van der Waals surface area contributed by atoms with Crippen LogP contribution in [0.1, 0.15) is 69.1 Å². The number of carbonyl (C=O) groups is 1. The van der Waals surface area contributed by atoms with E-state index in [0.29, 0.717) is 71.6 Å². The van der Waals surface area contributed by atoms with Crippen molar-refractivity contribution < 1.29 is 71.3 Å². The van der Waals surface area contributed by atoms with Crippen molar-refractivity contribution in [2.45, 2.75) is 89.7 Å². The molecule has 2 atom stereocenters. The molecule has 0 saturated carbocycles. The van der Waals surface area contributed by atoms with Gasteiger partial charge in [0, 0.05) is 73.4 Å². The number of hydrogen-bond donors (Lipinski definition) is 5. The molecule has 348 valence electrons. The molecule has 4 aromatic carbocycles. The van der Waals surface area contributed by atoms with E-state index in [-0.39, 0.29) is 54.0 Å². The largest absolute Gasteiger partial charge is 0.481 e. The van der Waals surface area contributed by atoms with Crippen molar-refractivity contribution in [1.82, 2.24) is 0 Å². The first-order chi connectivity index (χ1) is 29.6. The minimum atomic E-state index is -5.03. The third-order valence-corrected chi connectivity index (χ3v) is 15.3. The van der Waals surface area contributed by atoms with Gasteiger partial charge in [-0.3, -0.25) is 23.0 Å². The Bertz CT molecular complexity index is 3050. The summed E-state index contributed by atoms with van der Waals surface area (Å²) in [6.45, 7) is 10.4. The van der Waals surface area contributed by atoms with E-state index in [0.717, 1.165) is 12.1 Å². The Kier molecular flexibility index (Phi) is 14.8. The van der Waals surface area contributed by atoms with Crippen LogP contribution in [0.25, 0.3) is 21.5 Å². The summed E-state index contributed by atoms with van der Waals surface area (Å²) in [5.41, 5.74) is 0.833. The molecule has 0 aromatic heterocycles. The molecule has 4 aromatic rings. The Morgan fingerprint density at radius 3 is 1.84 bits per heavy atom. The second-order valence-electron chi connectivity index (χ2n) is 16.1. The number of ether oxygens (including phenoxy) is 2. The lowest BCUT2D eigenvalue weighted by molar-refractivity contribution is -0.137. The highest BCUT2D eigenvalue weighted by atomic mass is 32.2. The summed E-state index contributed by atoms with van der Waals surface area (Å²) in [5, 5.41) is 9.42. The zero-order chi connectivity index (χ0) is 47.8. The zero-order valence-electron chi connectivity index (χ0n) is 35.7. The lowest BCUT2D eigenvalue weighted by atomic mass is 9.70. The molecule has 0 saturated heterocycles. The van der Waals surface area contributed by atoms with Crippen LogP contribution < -0.4 is 4.90 Å². The molecule has 64 heavy (non-hydrogen) atoms. The summed E-state index contributed by atoms with van der Waals surface area (Å²) < 4.78 is 152. The molecular formula is C43H51NO16S4. The van der Waals surface area contributed by atoms with E-state index in [9.17, 15) is 61.8 Å². The number of aliphatic carboxylic acids is 1. The minimum Gasteiger partial charge on any atom is -0.481 e. The maximum Gasteiger partial charge on any atom is 0.303 e. The summed E-state index contributed by atoms with van der Waals surface area (Å²) in [6, 6.07) is 9.71. The van der Waals surface area contributed by atoms with Crippen molar-refractivity contribution in [3.05, 3.63) is 101 Å². The van der Waals surface area contributed by atoms with Gasteiger partial charge in [-0.05, 0) is 109 Å². The number of aryl methyl sites for hydroxylation is 1. The van der Waals surface area contributed by atoms with E-state index in [4.69, 9.17) is 9.47 Å². The van der Waals surface area contributed by atoms with Crippen LogP contribution >= 0.6 is 0 Å². The summed E-state index contributed by atoms with van der Waals surface area (Å²) in [6.07, 6.45) is 6.96. The van der Waals surface area contributed by atoms with E-state index >= 15 is 0 Å². The van der Waals surface area contributed by atoms with Crippen LogP contribution in [-0.2, 0) is 65.6 Å². The first kappa shape index (κ1) is 50.4. The fourth-order valence-electron chi connectivity index (χ4n) is 8.65. The molecule has 1 aliphatic heterocycles. The predicted octanol–water partition coefficient (Wildman–Crippen LogP) is 7.04. The summed E-state index contributed by atoms with van der Waals surface area (Å²) in [4.78, 5) is 10.2. The maximum absolute atomic E-state index is 12.7. The van der Waals surface area contributed by atoms with Gasteiger partial charge in [-0.25, -0.2) is 0 Å². The van der Waals surface area contributed by atoms with Gasteiger partial charge in [0.05, 0.1) is 9.79 Å². The lowest BCUT2D eigenvalue weighted by Crippen LogP contribution is -2.30. The van der Waals surface area contributed by atoms with Gasteiger partial charge in [-0.1, -0.05) is 50.3 Å². The maximum atomic E-state index is 12.7. The smallest absolute Gasteiger partial charge is 0.303 e. The number of fused-ring (bicyclic) bond motifs is 4. The third kappa shape index (κ3) is 10.3. The Morgan fingerprint density at radius 2 is 1.31 bits per heavy atom. The highest BCUT2D eigenvalue weighted by Gasteiger charge is 2.45. The van der Waals surface area contributed by atoms with Crippen molar-refractivity contribution >= 4 is 73.7 Å². The van der Waals surface area contributed by atoms with Crippen molar-refractivity contribution in [3.63, 3.8) is 0 Å². The normalized spacial score (nSPS) is 17.7. The molecule has 0 bridgehead atoms. The van der Waals surface area contributed by atoms with Crippen molar-refractivity contribution in [2.24, 2.45) is 0 Å². The number of anilines is 1. The van der Waals surface area contributed by atoms with Crippen LogP contribution in [0.15, 0.2) is 104 Å². The van der Waals surface area contributed by atoms with Gasteiger partial charge in [-0.15, -0.1) is 0 Å². The Labute approximate surface area is 373 Å². The molecule has 21 heteroatoms. The fraction of sp³-hybridized carbons (Fsp3) is 0.372. The zero-order valence-corrected chi connectivity index (χ0v) is 39.0. The molecule has 0 radical (unpaired) electrons. The van der Waals surface area contributed by atoms with Gasteiger partial charge in [0.15, 0.2) is 0 Å². The average Bonchev–Trinajstić information content (AvgIpc) is 3.42. The van der Waals surface area contributed by atoms with Gasteiger partial charge in [0.1, 0.15) is 9.79 Å². The number of nitrogens with zero attached hydrogens (tertiary/aromatic N) is 1. The van der Waals surface area contributed by atoms with Gasteiger partial charge < -0.3 is 19.5 Å². The predicted molar refractivity (Wildman–Crippen MR) is 239 cm³/mol. The van der Waals surface area contributed by atoms with E-state index in [1.54, 1.807) is 44.2 Å². The van der Waals surface area contributed by atoms with Crippen LogP contribution in [0.2, 0.25) is 0 Å². The number of carboxylic acid groups (broad SMARTS) is 1. The Morgan fingerprint density at radius 1 is 0.766 bits per heavy atom. The Balaban J connectivity index is 1.77. The standard InChI is InChI=1S/C43H51NO16S4/c1-27-14-15-31-33(23-29(61(47,48)49)25-36(31)63(53,54)55)40(27)42(3,18-21-59-5)28(2)11-10-12-38-43(4,19-22-60-6)41-34-24-30(62(50,51)52)26-37(64(56,57)58)32(34)16-17-35(41)44(38)20-9-7-8-13-39(45)46/h10-12,14-17,23-26H,2,7-9,13,18-22H2,1,3-6H3,(H,45,46)(H,47,48,49)(H,50,51,52)(H,53,54,55)(H,56,57,58)/b11-10+,38-12+. The molecule has 0 amide bonds. The van der Waals surface area contributed by atoms with Gasteiger partial charge in [-0.2, -0.15) is 33.7 Å². The molecule has 0 spiro atoms. The van der Waals surface area contributed by atoms with E-state index in [1.807, 2.05) is 11.8 Å². The summed E-state index contributed by atoms with van der Waals surface area (Å²) in [7, 11) is -17.1. The van der Waals surface area contributed by atoms with E-state index in [1.165, 1.54) is 26.4 Å². The van der Waals surface area contributed by atoms with E-state index < -0.39 is 76.9 Å². The monoisotopic (exact) mass is 965 g/mol. The fourth-order valence-corrected chi connectivity index (χ4v) is 11.3. The number of carboxylic acids is 1. The third-order valence-electron chi connectivity index (χ3n) is 11.9. The van der Waals surface area contributed by atoms with Crippen molar-refractivity contribution in [2.75, 3.05) is 38.9 Å². The lowest BCUT2D eigenvalue weighted by Gasteiger charge is -2.34. The highest BCUT2D eigenvalue weighted by molar-refractivity contribution is 7.87. The van der Waals surface area contributed by atoms with Crippen LogP contribution in [0.4, 0.5) is 5.69 Å². The second kappa shape index (κ2) is 18.7. The minimum absolute atomic E-state index is 0.0162. The molecular weight excluding hydrogens is 915 g/mol. The van der Waals surface area contributed by atoms with Gasteiger partial charge in [0.2, 0.25) is 0 Å². The number of hydrogen-bond acceptors (Lipinski definition) is 12. The van der Waals surface area contributed by atoms with E-state index in [2.05, 4.69) is 6.58 Å². The van der Waals surface area contributed by atoms with Crippen LogP contribution in [0, 0.1) is 6.92 Å². The molecule has 17 nitrogen and oxygen atoms in total. The molecule has 1 heterocycles. The number of benzene rings is 4. The quantitative estimate of drug-likeness (QED) is 0.0337.